The van der Waals surface area contributed by atoms with E-state index in [1.54, 1.807) is 11.3 Å². The highest BCUT2D eigenvalue weighted by atomic mass is 35.5. The van der Waals surface area contributed by atoms with Crippen molar-refractivity contribution >= 4 is 62.9 Å². The van der Waals surface area contributed by atoms with Crippen LogP contribution in [0, 0.1) is 5.82 Å². The predicted molar refractivity (Wildman–Crippen MR) is 142 cm³/mol. The average Bonchev–Trinajstić information content (AvgIpc) is 3.50. The fourth-order valence-electron chi connectivity index (χ4n) is 3.40. The monoisotopic (exact) mass is 507 g/mol. The number of amidine groups is 1. The lowest BCUT2D eigenvalue weighted by Gasteiger charge is -2.07. The van der Waals surface area contributed by atoms with Gasteiger partial charge in [0.05, 0.1) is 27.4 Å². The van der Waals surface area contributed by atoms with Crippen molar-refractivity contribution < 1.29 is 4.39 Å². The van der Waals surface area contributed by atoms with Crippen LogP contribution in [0.1, 0.15) is 11.1 Å². The van der Waals surface area contributed by atoms with E-state index < -0.39 is 5.82 Å². The minimum Gasteiger partial charge on any atom is -0.397 e. The van der Waals surface area contributed by atoms with Crippen LogP contribution in [0.4, 0.5) is 15.8 Å². The zero-order valence-electron chi connectivity index (χ0n) is 17.8. The maximum absolute atomic E-state index is 13.6. The molecule has 2 heterocycles. The zero-order valence-corrected chi connectivity index (χ0v) is 20.1. The first kappa shape index (κ1) is 22.5. The molecular formula is C25H19ClFN5S2. The molecule has 0 fully saturated rings. The number of nitrogens with zero attached hydrogens (tertiary/aromatic N) is 2. The van der Waals surface area contributed by atoms with Gasteiger partial charge in [-0.2, -0.15) is 0 Å². The summed E-state index contributed by atoms with van der Waals surface area (Å²) in [5.74, 6) is 0.609. The van der Waals surface area contributed by atoms with Crippen molar-refractivity contribution in [2.45, 2.75) is 10.9 Å². The molecule has 0 aliphatic rings. The third-order valence-corrected chi connectivity index (χ3v) is 7.36. The van der Waals surface area contributed by atoms with Crippen LogP contribution >= 0.6 is 34.7 Å². The van der Waals surface area contributed by atoms with Gasteiger partial charge in [-0.1, -0.05) is 59.8 Å². The summed E-state index contributed by atoms with van der Waals surface area (Å²) in [6.45, 7) is 0. The van der Waals surface area contributed by atoms with Gasteiger partial charge in [-0.05, 0) is 40.8 Å². The lowest BCUT2D eigenvalue weighted by atomic mass is 10.1. The number of anilines is 1. The van der Waals surface area contributed by atoms with E-state index >= 15 is 0 Å². The second-order valence-corrected chi connectivity index (χ2v) is 9.88. The minimum absolute atomic E-state index is 0.0606. The summed E-state index contributed by atoms with van der Waals surface area (Å²) in [5.41, 5.74) is 17.8. The number of hydrogen-bond acceptors (Lipinski definition) is 5. The van der Waals surface area contributed by atoms with Gasteiger partial charge in [0.2, 0.25) is 0 Å². The van der Waals surface area contributed by atoms with Gasteiger partial charge in [-0.15, -0.1) is 11.3 Å². The highest BCUT2D eigenvalue weighted by molar-refractivity contribution is 7.98. The number of rotatable bonds is 6. The molecule has 0 atom stereocenters. The number of hydrogen-bond donors (Lipinski definition) is 3. The van der Waals surface area contributed by atoms with Crippen molar-refractivity contribution in [3.05, 3.63) is 94.1 Å². The quantitative estimate of drug-likeness (QED) is 0.0998. The van der Waals surface area contributed by atoms with Crippen molar-refractivity contribution in [1.29, 1.82) is 0 Å². The van der Waals surface area contributed by atoms with E-state index in [0.717, 1.165) is 21.6 Å². The summed E-state index contributed by atoms with van der Waals surface area (Å²) in [5, 5.41) is 2.79. The molecule has 0 amide bonds. The SMILES string of the molecule is NC(=Nc1cc(-c2cccs2)ccc1N)c1ccc(CSc2nc3cc(Cl)c(F)cc3[nH]2)cc1. The molecule has 0 unspecified atom stereocenters. The predicted octanol–water partition coefficient (Wildman–Crippen LogP) is 7.00. The van der Waals surface area contributed by atoms with Gasteiger partial charge < -0.3 is 16.5 Å². The van der Waals surface area contributed by atoms with E-state index in [2.05, 4.69) is 21.0 Å². The number of thiophene rings is 1. The number of nitrogens with two attached hydrogens (primary N) is 2. The standard InChI is InChI=1S/C25H19ClFN5S2/c26-17-11-21-22(12-18(17)27)32-25(31-21)34-13-14-3-5-15(6-4-14)24(29)30-20-10-16(7-8-19(20)28)23-2-1-9-33-23/h1-12H,13,28H2,(H2,29,30)(H,31,32). The zero-order chi connectivity index (χ0) is 23.7. The van der Waals surface area contributed by atoms with E-state index in [1.165, 1.54) is 23.9 Å². The average molecular weight is 508 g/mol. The van der Waals surface area contributed by atoms with Crippen molar-refractivity contribution in [3.8, 4) is 10.4 Å². The topological polar surface area (TPSA) is 93.1 Å². The maximum atomic E-state index is 13.6. The largest absolute Gasteiger partial charge is 0.397 e. The van der Waals surface area contributed by atoms with Crippen LogP contribution in [-0.2, 0) is 5.75 Å². The van der Waals surface area contributed by atoms with Crippen LogP contribution in [0.5, 0.6) is 0 Å². The number of fused-ring (bicyclic) bond motifs is 1. The third kappa shape index (κ3) is 4.79. The molecule has 0 aliphatic carbocycles. The number of imidazole rings is 1. The molecule has 0 spiro atoms. The van der Waals surface area contributed by atoms with Crippen LogP contribution in [0.25, 0.3) is 21.5 Å². The molecular weight excluding hydrogens is 489 g/mol. The first-order valence-electron chi connectivity index (χ1n) is 10.3. The molecule has 34 heavy (non-hydrogen) atoms. The van der Waals surface area contributed by atoms with Gasteiger partial charge in [0.25, 0.3) is 0 Å². The molecule has 9 heteroatoms. The van der Waals surface area contributed by atoms with Crippen molar-refractivity contribution in [1.82, 2.24) is 9.97 Å². The van der Waals surface area contributed by atoms with E-state index in [9.17, 15) is 4.39 Å². The van der Waals surface area contributed by atoms with Crippen molar-refractivity contribution in [2.24, 2.45) is 10.7 Å². The van der Waals surface area contributed by atoms with E-state index in [0.29, 0.717) is 39.2 Å². The molecule has 5 aromatic rings. The number of nitrogen functional groups attached to an aromatic ring is 1. The number of thioether (sulfide) groups is 1. The maximum Gasteiger partial charge on any atom is 0.166 e. The van der Waals surface area contributed by atoms with Crippen molar-refractivity contribution in [2.75, 3.05) is 5.73 Å². The number of aromatic amines is 1. The fraction of sp³-hybridized carbons (Fsp3) is 0.0400. The number of aliphatic imine (C=N–C) groups is 1. The minimum atomic E-state index is -0.468. The van der Waals surface area contributed by atoms with Gasteiger partial charge in [0.15, 0.2) is 5.16 Å². The van der Waals surface area contributed by atoms with Crippen LogP contribution in [0.2, 0.25) is 5.02 Å². The lowest BCUT2D eigenvalue weighted by Crippen LogP contribution is -2.12. The number of aromatic nitrogens is 2. The molecule has 5 nitrogen and oxygen atoms in total. The Kier molecular flexibility index (Phi) is 6.28. The van der Waals surface area contributed by atoms with Crippen LogP contribution < -0.4 is 11.5 Å². The molecule has 0 saturated heterocycles. The Bertz CT molecular complexity index is 1460. The second-order valence-electron chi connectivity index (χ2n) is 7.56. The molecule has 3 aromatic carbocycles. The number of benzene rings is 3. The summed E-state index contributed by atoms with van der Waals surface area (Å²) in [6, 6.07) is 20.6. The van der Waals surface area contributed by atoms with Crippen molar-refractivity contribution in [3.63, 3.8) is 0 Å². The summed E-state index contributed by atoms with van der Waals surface area (Å²) in [7, 11) is 0. The molecule has 0 saturated carbocycles. The first-order chi connectivity index (χ1) is 16.5. The van der Waals surface area contributed by atoms with E-state index in [1.807, 2.05) is 53.9 Å². The Balaban J connectivity index is 1.29. The highest BCUT2D eigenvalue weighted by Gasteiger charge is 2.09. The second kappa shape index (κ2) is 9.50. The Morgan fingerprint density at radius 1 is 1.12 bits per heavy atom. The molecule has 5 rings (SSSR count). The van der Waals surface area contributed by atoms with Crippen LogP contribution in [0.15, 0.2) is 82.3 Å². The number of H-pyrrole nitrogens is 1. The molecule has 0 aliphatic heterocycles. The van der Waals surface area contributed by atoms with Gasteiger partial charge in [-0.25, -0.2) is 14.4 Å². The lowest BCUT2D eigenvalue weighted by molar-refractivity contribution is 0.630. The summed E-state index contributed by atoms with van der Waals surface area (Å²) >= 11 is 9.02. The fourth-order valence-corrected chi connectivity index (χ4v) is 5.13. The highest BCUT2D eigenvalue weighted by Crippen LogP contribution is 2.32. The van der Waals surface area contributed by atoms with Gasteiger partial charge in [-0.3, -0.25) is 0 Å². The van der Waals surface area contributed by atoms with Gasteiger partial charge >= 0.3 is 0 Å². The Morgan fingerprint density at radius 2 is 1.94 bits per heavy atom. The summed E-state index contributed by atoms with van der Waals surface area (Å²) < 4.78 is 13.6. The molecule has 5 N–H and O–H groups in total. The van der Waals surface area contributed by atoms with E-state index in [-0.39, 0.29) is 5.02 Å². The van der Waals surface area contributed by atoms with Gasteiger partial charge in [0.1, 0.15) is 11.7 Å². The Labute approximate surface area is 208 Å². The number of nitrogens with one attached hydrogen (secondary N) is 1. The Hall–Kier alpha value is -3.33. The van der Waals surface area contributed by atoms with Crippen LogP contribution in [0.3, 0.4) is 0 Å². The Morgan fingerprint density at radius 3 is 2.71 bits per heavy atom. The smallest absolute Gasteiger partial charge is 0.166 e. The first-order valence-corrected chi connectivity index (χ1v) is 12.5. The normalized spacial score (nSPS) is 11.9. The third-order valence-electron chi connectivity index (χ3n) is 5.20. The van der Waals surface area contributed by atoms with Crippen LogP contribution in [-0.4, -0.2) is 15.8 Å². The van der Waals surface area contributed by atoms with E-state index in [4.69, 9.17) is 23.1 Å². The molecule has 0 bridgehead atoms. The summed E-state index contributed by atoms with van der Waals surface area (Å²) in [6.07, 6.45) is 0. The summed E-state index contributed by atoms with van der Waals surface area (Å²) in [4.78, 5) is 13.3. The molecule has 0 radical (unpaired) electrons. The number of halogens is 2. The van der Waals surface area contributed by atoms with Gasteiger partial charge in [0, 0.05) is 22.3 Å². The molecule has 2 aromatic heterocycles. The molecule has 170 valence electrons.